The van der Waals surface area contributed by atoms with Crippen molar-refractivity contribution in [3.05, 3.63) is 79.1 Å². The van der Waals surface area contributed by atoms with E-state index in [-0.39, 0.29) is 0 Å². The number of allylic oxidation sites excluding steroid dienone is 3. The maximum absolute atomic E-state index is 10.6. The minimum Gasteiger partial charge on any atom is -0.346 e. The van der Waals surface area contributed by atoms with Crippen molar-refractivity contribution in [3.63, 3.8) is 0 Å². The Morgan fingerprint density at radius 1 is 1.37 bits per heavy atom. The van der Waals surface area contributed by atoms with Crippen LogP contribution in [0.2, 0.25) is 0 Å². The molecule has 0 saturated carbocycles. The van der Waals surface area contributed by atoms with Gasteiger partial charge in [0, 0.05) is 17.9 Å². The van der Waals surface area contributed by atoms with Gasteiger partial charge in [0.15, 0.2) is 0 Å². The number of fused-ring (bicyclic) bond motifs is 1. The maximum atomic E-state index is 10.6. The Kier molecular flexibility index (Phi) is 10.7. The smallest absolute Gasteiger partial charge is 0.107 e. The van der Waals surface area contributed by atoms with Crippen LogP contribution >= 0.6 is 0 Å². The van der Waals surface area contributed by atoms with E-state index >= 15 is 0 Å². The molecule has 0 fully saturated rings. The molecular weight excluding hydrogens is 337 g/mol. The van der Waals surface area contributed by atoms with Gasteiger partial charge in [0.2, 0.25) is 0 Å². The third kappa shape index (κ3) is 7.75. The number of alkyl halides is 1. The van der Waals surface area contributed by atoms with Crippen LogP contribution in [-0.2, 0) is 12.8 Å². The molecule has 0 aromatic heterocycles. The van der Waals surface area contributed by atoms with Crippen molar-refractivity contribution in [1.29, 1.82) is 0 Å². The number of rotatable bonds is 7. The molecule has 3 nitrogen and oxygen atoms in total. The molecule has 27 heavy (non-hydrogen) atoms. The van der Waals surface area contributed by atoms with Crippen molar-refractivity contribution < 1.29 is 4.39 Å². The quantitative estimate of drug-likeness (QED) is 0.235. The minimum atomic E-state index is -0.417. The Hall–Kier alpha value is -2.46. The molecule has 0 heterocycles. The van der Waals surface area contributed by atoms with Crippen molar-refractivity contribution in [2.45, 2.75) is 38.6 Å². The number of hydrogen-bond donors (Lipinski definition) is 2. The second-order valence-electron chi connectivity index (χ2n) is 6.48. The van der Waals surface area contributed by atoms with Crippen LogP contribution in [0, 0.1) is 5.92 Å². The summed E-state index contributed by atoms with van der Waals surface area (Å²) in [6.07, 6.45) is 12.3. The van der Waals surface area contributed by atoms with Crippen LogP contribution in [0.1, 0.15) is 36.5 Å². The SMILES string of the molecule is C=C/C=C/N=CNC(=C)c1ccc2c(c1)CCC(N)[C@@H](CC)C2.C=CCF. The van der Waals surface area contributed by atoms with Crippen molar-refractivity contribution in [2.24, 2.45) is 16.6 Å². The highest BCUT2D eigenvalue weighted by Gasteiger charge is 2.22. The van der Waals surface area contributed by atoms with E-state index in [0.717, 1.165) is 36.9 Å². The van der Waals surface area contributed by atoms with Gasteiger partial charge in [0.25, 0.3) is 0 Å². The molecule has 0 bridgehead atoms. The zero-order valence-electron chi connectivity index (χ0n) is 16.3. The highest BCUT2D eigenvalue weighted by atomic mass is 19.1. The molecule has 2 atom stereocenters. The van der Waals surface area contributed by atoms with E-state index in [0.29, 0.717) is 12.0 Å². The van der Waals surface area contributed by atoms with Gasteiger partial charge < -0.3 is 11.1 Å². The van der Waals surface area contributed by atoms with Crippen molar-refractivity contribution in [3.8, 4) is 0 Å². The molecule has 146 valence electrons. The molecule has 0 amide bonds. The van der Waals surface area contributed by atoms with Gasteiger partial charge in [-0.3, -0.25) is 0 Å². The molecule has 0 aliphatic heterocycles. The van der Waals surface area contributed by atoms with Gasteiger partial charge in [-0.1, -0.05) is 50.8 Å². The lowest BCUT2D eigenvalue weighted by Crippen LogP contribution is -2.30. The summed E-state index contributed by atoms with van der Waals surface area (Å²) in [4.78, 5) is 4.09. The number of hydrogen-bond acceptors (Lipinski definition) is 2. The third-order valence-electron chi connectivity index (χ3n) is 4.64. The zero-order chi connectivity index (χ0) is 20.1. The van der Waals surface area contributed by atoms with E-state index < -0.39 is 6.67 Å². The molecule has 1 aliphatic carbocycles. The van der Waals surface area contributed by atoms with Gasteiger partial charge in [-0.05, 0) is 54.0 Å². The average Bonchev–Trinajstić information content (AvgIpc) is 2.86. The summed E-state index contributed by atoms with van der Waals surface area (Å²) >= 11 is 0. The number of halogens is 1. The lowest BCUT2D eigenvalue weighted by atomic mass is 9.91. The van der Waals surface area contributed by atoms with Crippen molar-refractivity contribution >= 4 is 12.0 Å². The molecule has 1 aliphatic rings. The van der Waals surface area contributed by atoms with E-state index in [4.69, 9.17) is 5.73 Å². The summed E-state index contributed by atoms with van der Waals surface area (Å²) in [5.74, 6) is 0.590. The summed E-state index contributed by atoms with van der Waals surface area (Å²) in [5, 5.41) is 3.11. The first-order valence-corrected chi connectivity index (χ1v) is 9.36. The Bertz CT molecular complexity index is 676. The van der Waals surface area contributed by atoms with Crippen molar-refractivity contribution in [1.82, 2.24) is 5.32 Å². The number of nitrogens with zero attached hydrogens (tertiary/aromatic N) is 1. The molecule has 0 spiro atoms. The predicted molar refractivity (Wildman–Crippen MR) is 116 cm³/mol. The zero-order valence-corrected chi connectivity index (χ0v) is 16.3. The molecule has 1 aromatic rings. The number of aryl methyl sites for hydroxylation is 1. The number of nitrogens with one attached hydrogen (secondary N) is 1. The van der Waals surface area contributed by atoms with Crippen LogP contribution < -0.4 is 11.1 Å². The Morgan fingerprint density at radius 2 is 2.11 bits per heavy atom. The van der Waals surface area contributed by atoms with Crippen LogP contribution in [0.5, 0.6) is 0 Å². The van der Waals surface area contributed by atoms with Gasteiger partial charge >= 0.3 is 0 Å². The van der Waals surface area contributed by atoms with Crippen LogP contribution in [0.4, 0.5) is 4.39 Å². The van der Waals surface area contributed by atoms with E-state index in [1.165, 1.54) is 17.2 Å². The minimum absolute atomic E-state index is 0.306. The lowest BCUT2D eigenvalue weighted by Gasteiger charge is -2.19. The molecule has 1 aromatic carbocycles. The summed E-state index contributed by atoms with van der Waals surface area (Å²) in [6, 6.07) is 6.90. The summed E-state index contributed by atoms with van der Waals surface area (Å²) in [7, 11) is 0. The molecule has 4 heteroatoms. The van der Waals surface area contributed by atoms with E-state index in [2.05, 4.69) is 55.2 Å². The number of nitrogens with two attached hydrogens (primary N) is 1. The molecule has 3 N–H and O–H groups in total. The van der Waals surface area contributed by atoms with Gasteiger partial charge in [-0.15, -0.1) is 6.58 Å². The average molecular weight is 370 g/mol. The van der Waals surface area contributed by atoms with Gasteiger partial charge in [-0.25, -0.2) is 9.38 Å². The van der Waals surface area contributed by atoms with E-state index in [1.807, 2.05) is 0 Å². The summed E-state index contributed by atoms with van der Waals surface area (Å²) in [6.45, 7) is 12.6. The standard InChI is InChI=1S/C20H27N3.C3H5F/c1-4-6-11-22-14-23-15(3)17-7-8-18-12-16(5-2)20(21)10-9-19(18)13-17;1-2-3-4/h4,6-8,11,13-14,16,20H,1,3,5,9-10,12,21H2,2H3,(H,22,23);2H,1,3H2/b11-6+;/t16-,20?;/m0./s1. The fourth-order valence-electron chi connectivity index (χ4n) is 3.04. The fourth-order valence-corrected chi connectivity index (χ4v) is 3.04. The normalized spacial score (nSPS) is 18.9. The highest BCUT2D eigenvalue weighted by Crippen LogP contribution is 2.27. The van der Waals surface area contributed by atoms with Crippen LogP contribution in [0.15, 0.2) is 67.4 Å². The van der Waals surface area contributed by atoms with Crippen LogP contribution in [-0.4, -0.2) is 19.1 Å². The Balaban J connectivity index is 0.000000828. The first-order chi connectivity index (χ1) is 13.1. The van der Waals surface area contributed by atoms with Gasteiger partial charge in [-0.2, -0.15) is 0 Å². The Morgan fingerprint density at radius 3 is 2.74 bits per heavy atom. The van der Waals surface area contributed by atoms with Crippen LogP contribution in [0.25, 0.3) is 5.70 Å². The first kappa shape index (κ1) is 22.6. The molecule has 2 rings (SSSR count). The highest BCUT2D eigenvalue weighted by molar-refractivity contribution is 5.75. The monoisotopic (exact) mass is 369 g/mol. The largest absolute Gasteiger partial charge is 0.346 e. The first-order valence-electron chi connectivity index (χ1n) is 9.36. The van der Waals surface area contributed by atoms with E-state index in [1.54, 1.807) is 24.7 Å². The third-order valence-corrected chi connectivity index (χ3v) is 4.64. The summed E-state index contributed by atoms with van der Waals surface area (Å²) < 4.78 is 10.6. The Labute approximate surface area is 163 Å². The number of aliphatic imine (C=N–C) groups is 1. The van der Waals surface area contributed by atoms with E-state index in [9.17, 15) is 4.39 Å². The fraction of sp³-hybridized carbons (Fsp3) is 0.348. The van der Waals surface area contributed by atoms with Gasteiger partial charge in [0.1, 0.15) is 6.67 Å². The maximum Gasteiger partial charge on any atom is 0.107 e. The molecule has 0 radical (unpaired) electrons. The second kappa shape index (κ2) is 12.8. The molecule has 0 saturated heterocycles. The topological polar surface area (TPSA) is 50.4 Å². The molecular formula is C23H32FN3. The van der Waals surface area contributed by atoms with Crippen LogP contribution in [0.3, 0.4) is 0 Å². The second-order valence-corrected chi connectivity index (χ2v) is 6.48. The van der Waals surface area contributed by atoms with Gasteiger partial charge in [0.05, 0.1) is 6.34 Å². The predicted octanol–water partition coefficient (Wildman–Crippen LogP) is 4.96. The number of benzene rings is 1. The lowest BCUT2D eigenvalue weighted by molar-refractivity contribution is 0.398. The summed E-state index contributed by atoms with van der Waals surface area (Å²) in [5.41, 5.74) is 11.1. The molecule has 1 unspecified atom stereocenters. The van der Waals surface area contributed by atoms with Crippen molar-refractivity contribution in [2.75, 3.05) is 6.67 Å².